The standard InChI is InChI=1S/C46H26N4S2/c1-2-12-28(13-3-1)44-48-45(50-46(49-44)35-18-10-17-33-32-15-7-9-20-38(32)51-42(33)35)31-23-24-39-36(26-31)40-34-16-6-8-19-37(34)47-41(43(40)52-39)30-22-21-27-11-4-5-14-29(27)25-30/h1-26H. The Morgan fingerprint density at radius 3 is 1.94 bits per heavy atom. The first-order valence-electron chi connectivity index (χ1n) is 17.2. The van der Waals surface area contributed by atoms with Crippen LogP contribution >= 0.6 is 22.7 Å². The number of hydrogen-bond donors (Lipinski definition) is 0. The van der Waals surface area contributed by atoms with Crippen LogP contribution in [0.2, 0.25) is 0 Å². The van der Waals surface area contributed by atoms with E-state index in [1.54, 1.807) is 22.7 Å². The quantitative estimate of drug-likeness (QED) is 0.184. The summed E-state index contributed by atoms with van der Waals surface area (Å²) < 4.78 is 4.81. The van der Waals surface area contributed by atoms with Crippen molar-refractivity contribution in [2.45, 2.75) is 0 Å². The van der Waals surface area contributed by atoms with Crippen LogP contribution in [0.4, 0.5) is 0 Å². The zero-order valence-electron chi connectivity index (χ0n) is 27.6. The summed E-state index contributed by atoms with van der Waals surface area (Å²) in [7, 11) is 0. The molecule has 0 amide bonds. The molecule has 7 aromatic carbocycles. The lowest BCUT2D eigenvalue weighted by molar-refractivity contribution is 1.08. The van der Waals surface area contributed by atoms with Gasteiger partial charge < -0.3 is 0 Å². The highest BCUT2D eigenvalue weighted by molar-refractivity contribution is 7.26. The fraction of sp³-hybridized carbons (Fsp3) is 0. The highest BCUT2D eigenvalue weighted by Gasteiger charge is 2.20. The molecule has 0 radical (unpaired) electrons. The van der Waals surface area contributed by atoms with E-state index in [0.29, 0.717) is 17.5 Å². The zero-order valence-corrected chi connectivity index (χ0v) is 29.2. The van der Waals surface area contributed by atoms with Gasteiger partial charge in [-0.3, -0.25) is 0 Å². The second-order valence-corrected chi connectivity index (χ2v) is 15.1. The number of fused-ring (bicyclic) bond motifs is 9. The second kappa shape index (κ2) is 11.6. The molecule has 4 heterocycles. The van der Waals surface area contributed by atoms with Crippen LogP contribution in [-0.2, 0) is 0 Å². The summed E-state index contributed by atoms with van der Waals surface area (Å²) in [6, 6.07) is 55.5. The molecule has 0 spiro atoms. The lowest BCUT2D eigenvalue weighted by atomic mass is 10.0. The van der Waals surface area contributed by atoms with Gasteiger partial charge in [0.25, 0.3) is 0 Å². The maximum absolute atomic E-state index is 5.27. The molecule has 4 aromatic heterocycles. The van der Waals surface area contributed by atoms with Crippen molar-refractivity contribution >= 4 is 84.7 Å². The first-order valence-corrected chi connectivity index (χ1v) is 18.9. The van der Waals surface area contributed by atoms with Crippen LogP contribution in [0.3, 0.4) is 0 Å². The molecule has 6 heteroatoms. The van der Waals surface area contributed by atoms with Crippen LogP contribution in [0.15, 0.2) is 158 Å². The molecule has 11 aromatic rings. The van der Waals surface area contributed by atoms with Gasteiger partial charge in [-0.1, -0.05) is 115 Å². The van der Waals surface area contributed by atoms with Crippen LogP contribution in [0.25, 0.3) is 107 Å². The summed E-state index contributed by atoms with van der Waals surface area (Å²) in [6.45, 7) is 0. The smallest absolute Gasteiger partial charge is 0.165 e. The van der Waals surface area contributed by atoms with E-state index >= 15 is 0 Å². The monoisotopic (exact) mass is 698 g/mol. The average molecular weight is 699 g/mol. The van der Waals surface area contributed by atoms with Gasteiger partial charge in [0, 0.05) is 63.3 Å². The van der Waals surface area contributed by atoms with Crippen LogP contribution in [0.1, 0.15) is 0 Å². The van der Waals surface area contributed by atoms with Crippen molar-refractivity contribution in [3.63, 3.8) is 0 Å². The molecule has 0 saturated carbocycles. The van der Waals surface area contributed by atoms with E-state index in [1.165, 1.54) is 51.1 Å². The Bertz CT molecular complexity index is 3200. The number of benzene rings is 7. The van der Waals surface area contributed by atoms with E-state index in [4.69, 9.17) is 19.9 Å². The van der Waals surface area contributed by atoms with E-state index in [1.807, 2.05) is 18.2 Å². The van der Waals surface area contributed by atoms with E-state index in [0.717, 1.165) is 38.9 Å². The number of rotatable bonds is 4. The summed E-state index contributed by atoms with van der Waals surface area (Å²) in [5, 5.41) is 8.42. The molecule has 0 aliphatic heterocycles. The Morgan fingerprint density at radius 2 is 1.04 bits per heavy atom. The van der Waals surface area contributed by atoms with Gasteiger partial charge in [-0.25, -0.2) is 19.9 Å². The van der Waals surface area contributed by atoms with Crippen molar-refractivity contribution in [1.29, 1.82) is 0 Å². The number of nitrogens with zero attached hydrogens (tertiary/aromatic N) is 4. The predicted octanol–water partition coefficient (Wildman–Crippen LogP) is 13.0. The number of thiophene rings is 2. The molecule has 11 rings (SSSR count). The molecule has 52 heavy (non-hydrogen) atoms. The molecule has 0 N–H and O–H groups in total. The molecule has 0 fully saturated rings. The molecule has 0 bridgehead atoms. The Morgan fingerprint density at radius 1 is 0.365 bits per heavy atom. The SMILES string of the molecule is c1ccc(-c2nc(-c3ccc4sc5c(-c6ccc7ccccc7c6)nc6ccccc6c5c4c3)nc(-c3cccc4c3sc3ccccc34)n2)cc1. The third-order valence-corrected chi connectivity index (χ3v) is 12.3. The molecule has 0 saturated heterocycles. The molecule has 4 nitrogen and oxygen atoms in total. The molecule has 242 valence electrons. The van der Waals surface area contributed by atoms with Gasteiger partial charge in [0.2, 0.25) is 0 Å². The van der Waals surface area contributed by atoms with Crippen LogP contribution < -0.4 is 0 Å². The van der Waals surface area contributed by atoms with Gasteiger partial charge in [-0.2, -0.15) is 0 Å². The van der Waals surface area contributed by atoms with Crippen molar-refractivity contribution in [3.8, 4) is 45.4 Å². The molecule has 0 aliphatic carbocycles. The maximum Gasteiger partial charge on any atom is 0.165 e. The first kappa shape index (κ1) is 29.4. The van der Waals surface area contributed by atoms with Crippen molar-refractivity contribution in [1.82, 2.24) is 19.9 Å². The van der Waals surface area contributed by atoms with E-state index in [9.17, 15) is 0 Å². The molecule has 0 unspecified atom stereocenters. The number of hydrogen-bond acceptors (Lipinski definition) is 6. The topological polar surface area (TPSA) is 51.6 Å². The summed E-state index contributed by atoms with van der Waals surface area (Å²) in [6.07, 6.45) is 0. The van der Waals surface area contributed by atoms with Crippen molar-refractivity contribution in [2.24, 2.45) is 0 Å². The van der Waals surface area contributed by atoms with E-state index < -0.39 is 0 Å². The Balaban J connectivity index is 1.15. The average Bonchev–Trinajstić information content (AvgIpc) is 3.79. The highest BCUT2D eigenvalue weighted by Crippen LogP contribution is 2.45. The van der Waals surface area contributed by atoms with Crippen molar-refractivity contribution in [3.05, 3.63) is 158 Å². The lowest BCUT2D eigenvalue weighted by Crippen LogP contribution is -2.00. The Kier molecular flexibility index (Phi) is 6.56. The summed E-state index contributed by atoms with van der Waals surface area (Å²) in [5.74, 6) is 1.98. The molecule has 0 atom stereocenters. The Hall–Kier alpha value is -6.34. The van der Waals surface area contributed by atoms with Crippen LogP contribution in [-0.4, -0.2) is 19.9 Å². The van der Waals surface area contributed by atoms with Crippen molar-refractivity contribution < 1.29 is 0 Å². The normalized spacial score (nSPS) is 11.8. The Labute approximate surface area is 306 Å². The minimum atomic E-state index is 0.649. The van der Waals surface area contributed by atoms with Gasteiger partial charge in [0.05, 0.1) is 15.9 Å². The van der Waals surface area contributed by atoms with E-state index in [2.05, 4.69) is 140 Å². The lowest BCUT2D eigenvalue weighted by Gasteiger charge is -2.10. The molecule has 0 aliphatic rings. The predicted molar refractivity (Wildman–Crippen MR) is 220 cm³/mol. The van der Waals surface area contributed by atoms with Gasteiger partial charge >= 0.3 is 0 Å². The minimum absolute atomic E-state index is 0.649. The maximum atomic E-state index is 5.27. The minimum Gasteiger partial charge on any atom is -0.246 e. The molecular formula is C46H26N4S2. The number of para-hydroxylation sites is 1. The fourth-order valence-corrected chi connectivity index (χ4v) is 9.84. The largest absolute Gasteiger partial charge is 0.246 e. The first-order chi connectivity index (χ1) is 25.7. The summed E-state index contributed by atoms with van der Waals surface area (Å²) in [5.41, 5.74) is 6.02. The summed E-state index contributed by atoms with van der Waals surface area (Å²) >= 11 is 3.58. The summed E-state index contributed by atoms with van der Waals surface area (Å²) in [4.78, 5) is 20.7. The third-order valence-electron chi connectivity index (χ3n) is 9.90. The second-order valence-electron chi connectivity index (χ2n) is 13.0. The van der Waals surface area contributed by atoms with Crippen LogP contribution in [0.5, 0.6) is 0 Å². The van der Waals surface area contributed by atoms with Gasteiger partial charge in [0.1, 0.15) is 0 Å². The number of pyridine rings is 1. The third kappa shape index (κ3) is 4.65. The molecular weight excluding hydrogens is 673 g/mol. The van der Waals surface area contributed by atoms with E-state index in [-0.39, 0.29) is 0 Å². The van der Waals surface area contributed by atoms with Gasteiger partial charge in [-0.15, -0.1) is 22.7 Å². The zero-order chi connectivity index (χ0) is 34.2. The van der Waals surface area contributed by atoms with Crippen LogP contribution in [0, 0.1) is 0 Å². The van der Waals surface area contributed by atoms with Gasteiger partial charge in [-0.05, 0) is 53.2 Å². The number of aromatic nitrogens is 4. The highest BCUT2D eigenvalue weighted by atomic mass is 32.1. The fourth-order valence-electron chi connectivity index (χ4n) is 7.42. The van der Waals surface area contributed by atoms with Gasteiger partial charge in [0.15, 0.2) is 17.5 Å². The van der Waals surface area contributed by atoms with Crippen molar-refractivity contribution in [2.75, 3.05) is 0 Å².